The first-order chi connectivity index (χ1) is 16.1. The van der Waals surface area contributed by atoms with Crippen LogP contribution in [0.4, 0.5) is 0 Å². The van der Waals surface area contributed by atoms with Gasteiger partial charge in [-0.15, -0.1) is 0 Å². The number of amides is 1. The average Bonchev–Trinajstić information content (AvgIpc) is 3.27. The van der Waals surface area contributed by atoms with Crippen molar-refractivity contribution in [3.8, 4) is 0 Å². The lowest BCUT2D eigenvalue weighted by Crippen LogP contribution is -2.34. The molecule has 0 fully saturated rings. The van der Waals surface area contributed by atoms with Gasteiger partial charge in [-0.2, -0.15) is 0 Å². The third kappa shape index (κ3) is 4.97. The molecule has 0 radical (unpaired) electrons. The second-order valence-corrected chi connectivity index (χ2v) is 11.0. The molecule has 3 aromatic rings. The van der Waals surface area contributed by atoms with Crippen LogP contribution in [-0.4, -0.2) is 17.6 Å². The number of rotatable bonds is 7. The van der Waals surface area contributed by atoms with Gasteiger partial charge >= 0.3 is 0 Å². The minimum atomic E-state index is -0.265. The van der Waals surface area contributed by atoms with Crippen molar-refractivity contribution in [3.05, 3.63) is 93.9 Å². The Balaban J connectivity index is 1.53. The van der Waals surface area contributed by atoms with Gasteiger partial charge < -0.3 is 14.8 Å². The molecule has 1 aromatic heterocycles. The first kappa shape index (κ1) is 24.3. The fourth-order valence-corrected chi connectivity index (χ4v) is 5.11. The summed E-state index contributed by atoms with van der Waals surface area (Å²) < 4.78 is 5.98. The zero-order chi connectivity index (χ0) is 24.5. The molecule has 1 unspecified atom stereocenters. The fourth-order valence-electron chi connectivity index (χ4n) is 5.11. The second-order valence-electron chi connectivity index (χ2n) is 11.0. The number of carbonyl (C=O) groups excluding carboxylic acids is 1. The molecule has 2 N–H and O–H groups in total. The lowest BCUT2D eigenvalue weighted by atomic mass is 9.62. The highest BCUT2D eigenvalue weighted by Crippen LogP contribution is 2.46. The SMILES string of the molecule is Cc1cc2c(cc1Cc1ccc(C(=O)NC(CCO)c3ccccc3)o1)C(C)(C)CCC2(C)C. The molecule has 1 atom stereocenters. The average molecular weight is 460 g/mol. The van der Waals surface area contributed by atoms with Crippen LogP contribution in [0.3, 0.4) is 0 Å². The van der Waals surface area contributed by atoms with Gasteiger partial charge in [0.15, 0.2) is 5.76 Å². The molecule has 4 heteroatoms. The Bertz CT molecular complexity index is 1160. The third-order valence-electron chi connectivity index (χ3n) is 7.48. The summed E-state index contributed by atoms with van der Waals surface area (Å²) in [5.74, 6) is 0.809. The van der Waals surface area contributed by atoms with Crippen molar-refractivity contribution in [2.75, 3.05) is 6.61 Å². The van der Waals surface area contributed by atoms with Crippen LogP contribution in [-0.2, 0) is 17.3 Å². The first-order valence-electron chi connectivity index (χ1n) is 12.3. The summed E-state index contributed by atoms with van der Waals surface area (Å²) in [5, 5.41) is 12.5. The quantitative estimate of drug-likeness (QED) is 0.431. The van der Waals surface area contributed by atoms with E-state index in [1.165, 1.54) is 35.1 Å². The number of furan rings is 1. The van der Waals surface area contributed by atoms with E-state index in [-0.39, 0.29) is 29.4 Å². The van der Waals surface area contributed by atoms with Crippen molar-refractivity contribution in [1.82, 2.24) is 5.32 Å². The van der Waals surface area contributed by atoms with E-state index in [2.05, 4.69) is 52.1 Å². The van der Waals surface area contributed by atoms with Crippen molar-refractivity contribution in [2.45, 2.75) is 77.2 Å². The molecule has 2 aromatic carbocycles. The number of nitrogens with one attached hydrogen (secondary N) is 1. The van der Waals surface area contributed by atoms with E-state index in [0.29, 0.717) is 18.6 Å². The van der Waals surface area contributed by atoms with Gasteiger partial charge in [-0.1, -0.05) is 70.2 Å². The highest BCUT2D eigenvalue weighted by atomic mass is 16.3. The summed E-state index contributed by atoms with van der Waals surface area (Å²) in [7, 11) is 0. The zero-order valence-corrected chi connectivity index (χ0v) is 21.1. The van der Waals surface area contributed by atoms with Gasteiger partial charge in [0.25, 0.3) is 5.91 Å². The summed E-state index contributed by atoms with van der Waals surface area (Å²) in [6.07, 6.45) is 3.48. The van der Waals surface area contributed by atoms with Crippen LogP contribution in [0.5, 0.6) is 0 Å². The minimum absolute atomic E-state index is 0.00595. The van der Waals surface area contributed by atoms with Gasteiger partial charge in [-0.25, -0.2) is 0 Å². The predicted octanol–water partition coefficient (Wildman–Crippen LogP) is 6.38. The van der Waals surface area contributed by atoms with Crippen LogP contribution in [0.15, 0.2) is 59.0 Å². The van der Waals surface area contributed by atoms with E-state index in [0.717, 1.165) is 11.3 Å². The van der Waals surface area contributed by atoms with Crippen LogP contribution in [0, 0.1) is 6.92 Å². The Kier molecular flexibility index (Phi) is 6.73. The molecule has 0 saturated heterocycles. The third-order valence-corrected chi connectivity index (χ3v) is 7.48. The molecular formula is C30H37NO3. The van der Waals surface area contributed by atoms with Crippen molar-refractivity contribution < 1.29 is 14.3 Å². The molecule has 1 aliphatic carbocycles. The predicted molar refractivity (Wildman–Crippen MR) is 136 cm³/mol. The number of aliphatic hydroxyl groups excluding tert-OH is 1. The Morgan fingerprint density at radius 3 is 2.29 bits per heavy atom. The van der Waals surface area contributed by atoms with Crippen LogP contribution in [0.25, 0.3) is 0 Å². The maximum Gasteiger partial charge on any atom is 0.287 e. The van der Waals surface area contributed by atoms with Crippen LogP contribution in [0.1, 0.15) is 97.1 Å². The molecule has 0 spiro atoms. The van der Waals surface area contributed by atoms with E-state index < -0.39 is 0 Å². The van der Waals surface area contributed by atoms with Crippen molar-refractivity contribution in [2.24, 2.45) is 0 Å². The first-order valence-corrected chi connectivity index (χ1v) is 12.3. The molecule has 1 heterocycles. The lowest BCUT2D eigenvalue weighted by Gasteiger charge is -2.42. The Morgan fingerprint density at radius 1 is 1.00 bits per heavy atom. The largest absolute Gasteiger partial charge is 0.456 e. The normalized spacial score (nSPS) is 17.1. The maximum atomic E-state index is 12.9. The number of aliphatic hydroxyl groups is 1. The summed E-state index contributed by atoms with van der Waals surface area (Å²) in [6.45, 7) is 11.5. The Hall–Kier alpha value is -2.85. The van der Waals surface area contributed by atoms with Gasteiger partial charge in [-0.05, 0) is 77.0 Å². The molecule has 34 heavy (non-hydrogen) atoms. The minimum Gasteiger partial charge on any atom is -0.456 e. The van der Waals surface area contributed by atoms with E-state index >= 15 is 0 Å². The highest BCUT2D eigenvalue weighted by molar-refractivity contribution is 5.91. The molecule has 0 aliphatic heterocycles. The number of aryl methyl sites for hydroxylation is 1. The van der Waals surface area contributed by atoms with E-state index in [1.54, 1.807) is 6.07 Å². The van der Waals surface area contributed by atoms with E-state index in [4.69, 9.17) is 4.42 Å². The van der Waals surface area contributed by atoms with Gasteiger partial charge in [-0.3, -0.25) is 4.79 Å². The number of carbonyl (C=O) groups is 1. The van der Waals surface area contributed by atoms with Gasteiger partial charge in [0, 0.05) is 13.0 Å². The molecule has 1 aliphatic rings. The molecule has 4 rings (SSSR count). The smallest absolute Gasteiger partial charge is 0.287 e. The molecule has 4 nitrogen and oxygen atoms in total. The van der Waals surface area contributed by atoms with E-state index in [9.17, 15) is 9.90 Å². The number of hydrogen-bond donors (Lipinski definition) is 2. The molecular weight excluding hydrogens is 422 g/mol. The van der Waals surface area contributed by atoms with Crippen molar-refractivity contribution in [1.29, 1.82) is 0 Å². The number of fused-ring (bicyclic) bond motifs is 1. The standard InChI is InChI=1S/C30H37NO3/c1-20-17-24-25(30(4,5)15-14-29(24,2)3)19-22(20)18-23-11-12-27(34-23)28(33)31-26(13-16-32)21-9-7-6-8-10-21/h6-12,17,19,26,32H,13-16,18H2,1-5H3,(H,31,33). The molecule has 0 bridgehead atoms. The molecule has 1 amide bonds. The van der Waals surface area contributed by atoms with Crippen molar-refractivity contribution >= 4 is 5.91 Å². The fraction of sp³-hybridized carbons (Fsp3) is 0.433. The summed E-state index contributed by atoms with van der Waals surface area (Å²) in [5.41, 5.74) is 6.71. The summed E-state index contributed by atoms with van der Waals surface area (Å²) >= 11 is 0. The summed E-state index contributed by atoms with van der Waals surface area (Å²) in [4.78, 5) is 12.9. The van der Waals surface area contributed by atoms with Crippen LogP contribution < -0.4 is 5.32 Å². The molecule has 0 saturated carbocycles. The second kappa shape index (κ2) is 9.42. The van der Waals surface area contributed by atoms with Crippen LogP contribution in [0.2, 0.25) is 0 Å². The highest BCUT2D eigenvalue weighted by Gasteiger charge is 2.37. The monoisotopic (exact) mass is 459 g/mol. The topological polar surface area (TPSA) is 62.5 Å². The maximum absolute atomic E-state index is 12.9. The zero-order valence-electron chi connectivity index (χ0n) is 21.1. The van der Waals surface area contributed by atoms with Gasteiger partial charge in [0.1, 0.15) is 5.76 Å². The number of hydrogen-bond acceptors (Lipinski definition) is 3. The lowest BCUT2D eigenvalue weighted by molar-refractivity contribution is 0.0900. The molecule has 180 valence electrons. The Morgan fingerprint density at radius 2 is 1.65 bits per heavy atom. The van der Waals surface area contributed by atoms with Gasteiger partial charge in [0.05, 0.1) is 6.04 Å². The number of benzene rings is 2. The van der Waals surface area contributed by atoms with Crippen LogP contribution >= 0.6 is 0 Å². The Labute approximate surface area is 203 Å². The summed E-state index contributed by atoms with van der Waals surface area (Å²) in [6, 6.07) is 17.8. The van der Waals surface area contributed by atoms with E-state index in [1.807, 2.05) is 36.4 Å². The van der Waals surface area contributed by atoms with Gasteiger partial charge in [0.2, 0.25) is 0 Å². The van der Waals surface area contributed by atoms with Crippen molar-refractivity contribution in [3.63, 3.8) is 0 Å².